The number of rotatable bonds is 5. The van der Waals surface area contributed by atoms with Crippen molar-refractivity contribution in [3.8, 4) is 6.07 Å². The first-order valence-electron chi connectivity index (χ1n) is 9.65. The van der Waals surface area contributed by atoms with E-state index in [0.29, 0.717) is 10.6 Å². The molecule has 0 saturated carbocycles. The van der Waals surface area contributed by atoms with Crippen molar-refractivity contribution < 1.29 is 0 Å². The number of piperazine rings is 1. The van der Waals surface area contributed by atoms with Crippen molar-refractivity contribution in [2.75, 3.05) is 31.1 Å². The van der Waals surface area contributed by atoms with Crippen molar-refractivity contribution in [2.24, 2.45) is 0 Å². The second-order valence-electron chi connectivity index (χ2n) is 7.26. The van der Waals surface area contributed by atoms with Crippen molar-refractivity contribution >= 4 is 51.5 Å². The Morgan fingerprint density at radius 2 is 1.90 bits per heavy atom. The molecule has 2 aromatic carbocycles. The summed E-state index contributed by atoms with van der Waals surface area (Å²) in [6.45, 7) is 4.43. The van der Waals surface area contributed by atoms with Gasteiger partial charge < -0.3 is 4.90 Å². The minimum absolute atomic E-state index is 0.138. The molecule has 2 heterocycles. The number of anilines is 1. The van der Waals surface area contributed by atoms with Gasteiger partial charge in [-0.25, -0.2) is 0 Å². The van der Waals surface area contributed by atoms with Crippen molar-refractivity contribution in [3.05, 3.63) is 79.6 Å². The predicted molar refractivity (Wildman–Crippen MR) is 129 cm³/mol. The molecule has 1 saturated heterocycles. The van der Waals surface area contributed by atoms with Crippen LogP contribution in [0.15, 0.2) is 54.9 Å². The maximum absolute atomic E-state index is 9.16. The van der Waals surface area contributed by atoms with Gasteiger partial charge in [0.1, 0.15) is 0 Å². The van der Waals surface area contributed by atoms with Crippen LogP contribution in [0.2, 0.25) is 10.0 Å². The number of hydrogen-bond donors (Lipinski definition) is 0. The van der Waals surface area contributed by atoms with Crippen LogP contribution in [0.25, 0.3) is 0 Å². The van der Waals surface area contributed by atoms with Gasteiger partial charge in [-0.15, -0.1) is 0 Å². The van der Waals surface area contributed by atoms with Gasteiger partial charge in [-0.2, -0.15) is 10.4 Å². The van der Waals surface area contributed by atoms with Crippen LogP contribution in [-0.4, -0.2) is 40.9 Å². The van der Waals surface area contributed by atoms with Gasteiger partial charge in [0.25, 0.3) is 0 Å². The molecule has 0 unspecified atom stereocenters. The molecule has 5 nitrogen and oxygen atoms in total. The SMILES string of the molecule is N#Cc1ccc(N2CCN(CCn3cc(I)cn3)C[C@H]2c2ccc(Cl)cc2)c(Cl)c1. The molecule has 0 spiro atoms. The summed E-state index contributed by atoms with van der Waals surface area (Å²) in [7, 11) is 0. The zero-order chi connectivity index (χ0) is 21.1. The fraction of sp³-hybridized carbons (Fsp3) is 0.273. The molecular formula is C22H20Cl2IN5. The maximum Gasteiger partial charge on any atom is 0.0992 e. The molecular weight excluding hydrogens is 532 g/mol. The van der Waals surface area contributed by atoms with E-state index >= 15 is 0 Å². The Labute approximate surface area is 199 Å². The van der Waals surface area contributed by atoms with Crippen molar-refractivity contribution in [3.63, 3.8) is 0 Å². The van der Waals surface area contributed by atoms with Crippen molar-refractivity contribution in [2.45, 2.75) is 12.6 Å². The Bertz CT molecular complexity index is 1060. The van der Waals surface area contributed by atoms with Crippen molar-refractivity contribution in [1.82, 2.24) is 14.7 Å². The molecule has 1 aliphatic rings. The van der Waals surface area contributed by atoms with E-state index in [1.165, 1.54) is 5.56 Å². The summed E-state index contributed by atoms with van der Waals surface area (Å²) in [6, 6.07) is 15.8. The Balaban J connectivity index is 1.57. The van der Waals surface area contributed by atoms with E-state index in [4.69, 9.17) is 28.5 Å². The Hall–Kier alpha value is -1.79. The first-order valence-corrected chi connectivity index (χ1v) is 11.5. The second-order valence-corrected chi connectivity index (χ2v) is 9.35. The van der Waals surface area contributed by atoms with Gasteiger partial charge in [0.2, 0.25) is 0 Å². The molecule has 1 aromatic heterocycles. The summed E-state index contributed by atoms with van der Waals surface area (Å²) >= 11 is 15.0. The minimum atomic E-state index is 0.138. The molecule has 1 fully saturated rings. The quantitative estimate of drug-likeness (QED) is 0.407. The molecule has 0 bridgehead atoms. The highest BCUT2D eigenvalue weighted by atomic mass is 127. The zero-order valence-corrected chi connectivity index (χ0v) is 19.8. The maximum atomic E-state index is 9.16. The summed E-state index contributed by atoms with van der Waals surface area (Å²) < 4.78 is 3.13. The van der Waals surface area contributed by atoms with Gasteiger partial charge in [-0.1, -0.05) is 35.3 Å². The Kier molecular flexibility index (Phi) is 6.84. The normalized spacial score (nSPS) is 17.1. The van der Waals surface area contributed by atoms with E-state index in [-0.39, 0.29) is 6.04 Å². The van der Waals surface area contributed by atoms with Crippen LogP contribution in [0.4, 0.5) is 5.69 Å². The Morgan fingerprint density at radius 3 is 2.57 bits per heavy atom. The van der Waals surface area contributed by atoms with Gasteiger partial charge in [-0.3, -0.25) is 9.58 Å². The van der Waals surface area contributed by atoms with Gasteiger partial charge in [0.05, 0.1) is 44.7 Å². The lowest BCUT2D eigenvalue weighted by Crippen LogP contribution is -2.49. The van der Waals surface area contributed by atoms with Gasteiger partial charge in [0.15, 0.2) is 0 Å². The second kappa shape index (κ2) is 9.56. The van der Waals surface area contributed by atoms with E-state index in [9.17, 15) is 0 Å². The minimum Gasteiger partial charge on any atom is -0.361 e. The molecule has 8 heteroatoms. The summed E-state index contributed by atoms with van der Waals surface area (Å²) in [5.41, 5.74) is 2.72. The van der Waals surface area contributed by atoms with Crippen LogP contribution in [0.1, 0.15) is 17.2 Å². The average Bonchev–Trinajstić information content (AvgIpc) is 3.18. The number of aromatic nitrogens is 2. The fourth-order valence-electron chi connectivity index (χ4n) is 3.82. The van der Waals surface area contributed by atoms with Crippen LogP contribution < -0.4 is 4.90 Å². The van der Waals surface area contributed by atoms with Crippen LogP contribution >= 0.6 is 45.8 Å². The number of hydrogen-bond acceptors (Lipinski definition) is 4. The topological polar surface area (TPSA) is 48.1 Å². The fourth-order valence-corrected chi connectivity index (χ4v) is 4.68. The molecule has 3 aromatic rings. The first kappa shape index (κ1) is 21.4. The van der Waals surface area contributed by atoms with Crippen LogP contribution in [0.5, 0.6) is 0 Å². The van der Waals surface area contributed by atoms with E-state index in [1.54, 1.807) is 6.07 Å². The van der Waals surface area contributed by atoms with E-state index in [2.05, 4.69) is 61.9 Å². The third kappa shape index (κ3) is 4.92. The number of nitriles is 1. The summed E-state index contributed by atoms with van der Waals surface area (Å²) in [5, 5.41) is 14.9. The zero-order valence-electron chi connectivity index (χ0n) is 16.2. The van der Waals surface area contributed by atoms with E-state index in [1.807, 2.05) is 35.1 Å². The number of halogens is 3. The molecule has 0 radical (unpaired) electrons. The average molecular weight is 552 g/mol. The molecule has 0 amide bonds. The number of nitrogens with zero attached hydrogens (tertiary/aromatic N) is 5. The predicted octanol–water partition coefficient (Wildman–Crippen LogP) is 5.23. The molecule has 0 N–H and O–H groups in total. The molecule has 154 valence electrons. The van der Waals surface area contributed by atoms with Crippen LogP contribution in [0, 0.1) is 14.9 Å². The Morgan fingerprint density at radius 1 is 1.10 bits per heavy atom. The lowest BCUT2D eigenvalue weighted by Gasteiger charge is -2.43. The largest absolute Gasteiger partial charge is 0.361 e. The third-order valence-corrected chi connectivity index (χ3v) is 6.46. The summed E-state index contributed by atoms with van der Waals surface area (Å²) in [6.07, 6.45) is 3.94. The summed E-state index contributed by atoms with van der Waals surface area (Å²) in [5.74, 6) is 0. The highest BCUT2D eigenvalue weighted by Gasteiger charge is 2.29. The van der Waals surface area contributed by atoms with Crippen molar-refractivity contribution in [1.29, 1.82) is 5.26 Å². The smallest absolute Gasteiger partial charge is 0.0992 e. The summed E-state index contributed by atoms with van der Waals surface area (Å²) in [4.78, 5) is 4.79. The standard InChI is InChI=1S/C22H20Cl2IN5/c23-18-4-2-17(3-5-18)22-15-28(7-9-29-14-19(25)13-27-29)8-10-30(22)21-6-1-16(12-26)11-20(21)24/h1-6,11,13-14,22H,7-10,15H2/t22-/m0/s1. The highest BCUT2D eigenvalue weighted by Crippen LogP contribution is 2.36. The van der Waals surface area contributed by atoms with Gasteiger partial charge in [-0.05, 0) is 58.5 Å². The first-order chi connectivity index (χ1) is 14.5. The van der Waals surface area contributed by atoms with Crippen LogP contribution in [0.3, 0.4) is 0 Å². The van der Waals surface area contributed by atoms with E-state index < -0.39 is 0 Å². The van der Waals surface area contributed by atoms with E-state index in [0.717, 1.165) is 47.0 Å². The highest BCUT2D eigenvalue weighted by molar-refractivity contribution is 14.1. The third-order valence-electron chi connectivity index (χ3n) is 5.35. The van der Waals surface area contributed by atoms with Crippen LogP contribution in [-0.2, 0) is 6.54 Å². The molecule has 30 heavy (non-hydrogen) atoms. The number of benzene rings is 2. The monoisotopic (exact) mass is 551 g/mol. The van der Waals surface area contributed by atoms with Gasteiger partial charge in [0, 0.05) is 37.4 Å². The van der Waals surface area contributed by atoms with Gasteiger partial charge >= 0.3 is 0 Å². The lowest BCUT2D eigenvalue weighted by atomic mass is 10.0. The molecule has 1 atom stereocenters. The molecule has 0 aliphatic carbocycles. The lowest BCUT2D eigenvalue weighted by molar-refractivity contribution is 0.213. The molecule has 4 rings (SSSR count). The molecule has 1 aliphatic heterocycles.